The molecular formula is C28H30FN3O3S2. The van der Waals surface area contributed by atoms with Crippen molar-refractivity contribution in [2.24, 2.45) is 0 Å². The number of amides is 1. The summed E-state index contributed by atoms with van der Waals surface area (Å²) in [6.07, 6.45) is 6.08. The zero-order valence-electron chi connectivity index (χ0n) is 20.7. The highest BCUT2D eigenvalue weighted by Gasteiger charge is 2.30. The summed E-state index contributed by atoms with van der Waals surface area (Å²) in [6, 6.07) is 21.8. The molecule has 37 heavy (non-hydrogen) atoms. The van der Waals surface area contributed by atoms with Crippen LogP contribution in [0.15, 0.2) is 94.7 Å². The summed E-state index contributed by atoms with van der Waals surface area (Å²) in [7, 11) is -4.09. The Hall–Kier alpha value is -3.14. The van der Waals surface area contributed by atoms with Crippen LogP contribution in [0.2, 0.25) is 0 Å². The Morgan fingerprint density at radius 3 is 2.32 bits per heavy atom. The van der Waals surface area contributed by atoms with Crippen LogP contribution in [0, 0.1) is 5.82 Å². The summed E-state index contributed by atoms with van der Waals surface area (Å²) in [4.78, 5) is 18.1. The molecule has 1 heterocycles. The molecule has 3 aromatic carbocycles. The molecule has 1 saturated heterocycles. The molecule has 0 aliphatic carbocycles. The minimum Gasteiger partial charge on any atom is -0.339 e. The number of benzene rings is 3. The molecule has 194 valence electrons. The highest BCUT2D eigenvalue weighted by Crippen LogP contribution is 2.26. The van der Waals surface area contributed by atoms with E-state index in [2.05, 4.69) is 17.1 Å². The van der Waals surface area contributed by atoms with E-state index in [1.807, 2.05) is 36.6 Å². The van der Waals surface area contributed by atoms with Crippen molar-refractivity contribution >= 4 is 39.5 Å². The average molecular weight is 540 g/mol. The molecule has 0 atom stereocenters. The molecule has 0 aromatic heterocycles. The van der Waals surface area contributed by atoms with E-state index in [-0.39, 0.29) is 16.5 Å². The number of rotatable bonds is 9. The molecule has 1 fully saturated rings. The van der Waals surface area contributed by atoms with E-state index < -0.39 is 22.4 Å². The smallest absolute Gasteiger partial charge is 0.264 e. The van der Waals surface area contributed by atoms with Gasteiger partial charge in [0.1, 0.15) is 12.4 Å². The molecule has 0 spiro atoms. The van der Waals surface area contributed by atoms with E-state index >= 15 is 0 Å². The Labute approximate surface area is 222 Å². The summed E-state index contributed by atoms with van der Waals surface area (Å²) in [5, 5.41) is 0. The molecule has 9 heteroatoms. The molecule has 0 saturated carbocycles. The SMILES string of the molecule is CSc1ccc(S(=O)(=O)N(CC(=O)N2CCN(C/C=C/c3ccccc3)CC2)c2cccc(F)c2)cc1. The van der Waals surface area contributed by atoms with Gasteiger partial charge in [0, 0.05) is 37.6 Å². The lowest BCUT2D eigenvalue weighted by molar-refractivity contribution is -0.131. The maximum atomic E-state index is 14.0. The molecular weight excluding hydrogens is 509 g/mol. The molecule has 3 aromatic rings. The summed E-state index contributed by atoms with van der Waals surface area (Å²) in [5.74, 6) is -0.881. The van der Waals surface area contributed by atoms with Crippen molar-refractivity contribution in [1.29, 1.82) is 0 Å². The summed E-state index contributed by atoms with van der Waals surface area (Å²) in [6.45, 7) is 2.74. The fraction of sp³-hybridized carbons (Fsp3) is 0.250. The van der Waals surface area contributed by atoms with Crippen molar-refractivity contribution in [3.05, 3.63) is 96.3 Å². The quantitative estimate of drug-likeness (QED) is 0.372. The van der Waals surface area contributed by atoms with Gasteiger partial charge in [0.15, 0.2) is 0 Å². The number of anilines is 1. The zero-order chi connectivity index (χ0) is 26.3. The van der Waals surface area contributed by atoms with Crippen molar-refractivity contribution in [2.75, 3.05) is 49.8 Å². The van der Waals surface area contributed by atoms with E-state index in [0.717, 1.165) is 27.4 Å². The van der Waals surface area contributed by atoms with E-state index in [1.54, 1.807) is 17.0 Å². The first-order valence-corrected chi connectivity index (χ1v) is 14.7. The Morgan fingerprint density at radius 2 is 1.68 bits per heavy atom. The molecule has 6 nitrogen and oxygen atoms in total. The topological polar surface area (TPSA) is 60.9 Å². The van der Waals surface area contributed by atoms with E-state index in [9.17, 15) is 17.6 Å². The zero-order valence-corrected chi connectivity index (χ0v) is 22.3. The van der Waals surface area contributed by atoms with Gasteiger partial charge < -0.3 is 4.90 Å². The number of halogens is 1. The maximum Gasteiger partial charge on any atom is 0.264 e. The van der Waals surface area contributed by atoms with Crippen molar-refractivity contribution in [3.63, 3.8) is 0 Å². The number of hydrogen-bond acceptors (Lipinski definition) is 5. The van der Waals surface area contributed by atoms with Crippen molar-refractivity contribution in [3.8, 4) is 0 Å². The monoisotopic (exact) mass is 539 g/mol. The number of carbonyl (C=O) groups excluding carboxylic acids is 1. The summed E-state index contributed by atoms with van der Waals surface area (Å²) < 4.78 is 42.2. The van der Waals surface area contributed by atoms with Gasteiger partial charge in [-0.3, -0.25) is 14.0 Å². The second kappa shape index (κ2) is 12.4. The predicted molar refractivity (Wildman–Crippen MR) is 148 cm³/mol. The second-order valence-corrected chi connectivity index (χ2v) is 11.4. The molecule has 1 aliphatic heterocycles. The van der Waals surface area contributed by atoms with Gasteiger partial charge in [-0.05, 0) is 54.3 Å². The van der Waals surface area contributed by atoms with Crippen LogP contribution < -0.4 is 4.31 Å². The third-order valence-electron chi connectivity index (χ3n) is 6.22. The Morgan fingerprint density at radius 1 is 0.973 bits per heavy atom. The van der Waals surface area contributed by atoms with Crippen molar-refractivity contribution < 1.29 is 17.6 Å². The van der Waals surface area contributed by atoms with Crippen molar-refractivity contribution in [2.45, 2.75) is 9.79 Å². The lowest BCUT2D eigenvalue weighted by atomic mass is 10.2. The number of nitrogens with zero attached hydrogens (tertiary/aromatic N) is 3. The first kappa shape index (κ1) is 26.9. The van der Waals surface area contributed by atoms with Gasteiger partial charge in [-0.1, -0.05) is 48.6 Å². The van der Waals surface area contributed by atoms with Crippen LogP contribution in [0.3, 0.4) is 0 Å². The van der Waals surface area contributed by atoms with Crippen LogP contribution in [0.1, 0.15) is 5.56 Å². The third kappa shape index (κ3) is 7.00. The third-order valence-corrected chi connectivity index (χ3v) is 8.75. The lowest BCUT2D eigenvalue weighted by Crippen LogP contribution is -2.51. The second-order valence-electron chi connectivity index (χ2n) is 8.66. The fourth-order valence-corrected chi connectivity index (χ4v) is 5.94. The first-order valence-electron chi connectivity index (χ1n) is 12.0. The van der Waals surface area contributed by atoms with Crippen LogP contribution >= 0.6 is 11.8 Å². The highest BCUT2D eigenvalue weighted by molar-refractivity contribution is 7.98. The molecule has 0 N–H and O–H groups in total. The van der Waals surface area contributed by atoms with Crippen LogP contribution in [-0.4, -0.2) is 69.6 Å². The van der Waals surface area contributed by atoms with Gasteiger partial charge in [-0.2, -0.15) is 0 Å². The molecule has 1 amide bonds. The molecule has 0 unspecified atom stereocenters. The summed E-state index contributed by atoms with van der Waals surface area (Å²) in [5.41, 5.74) is 1.25. The van der Waals surface area contributed by atoms with Crippen LogP contribution in [0.25, 0.3) is 6.08 Å². The maximum absolute atomic E-state index is 14.0. The van der Waals surface area contributed by atoms with Gasteiger partial charge in [-0.25, -0.2) is 12.8 Å². The number of sulfonamides is 1. The van der Waals surface area contributed by atoms with Crippen LogP contribution in [0.4, 0.5) is 10.1 Å². The standard InChI is InChI=1S/C28H30FN3O3S2/c1-36-26-12-14-27(15-13-26)37(34,35)32(25-11-5-10-24(29)21-25)22-28(33)31-19-17-30(18-20-31)16-6-9-23-7-3-2-4-8-23/h2-15,21H,16-20,22H2,1H3/b9-6+. The van der Waals surface area contributed by atoms with Gasteiger partial charge in [0.05, 0.1) is 10.6 Å². The molecule has 0 bridgehead atoms. The normalized spacial score (nSPS) is 14.7. The Bertz CT molecular complexity index is 1320. The molecule has 4 rings (SSSR count). The molecule has 1 aliphatic rings. The number of carbonyl (C=O) groups is 1. The highest BCUT2D eigenvalue weighted by atomic mass is 32.2. The first-order chi connectivity index (χ1) is 17.9. The van der Waals surface area contributed by atoms with Gasteiger partial charge in [0.2, 0.25) is 5.91 Å². The average Bonchev–Trinajstić information content (AvgIpc) is 2.92. The number of piperazine rings is 1. The fourth-order valence-electron chi connectivity index (χ4n) is 4.13. The van der Waals surface area contributed by atoms with Crippen molar-refractivity contribution in [1.82, 2.24) is 9.80 Å². The van der Waals surface area contributed by atoms with Crippen LogP contribution in [0.5, 0.6) is 0 Å². The Kier molecular flexibility index (Phi) is 9.02. The van der Waals surface area contributed by atoms with Gasteiger partial charge in [-0.15, -0.1) is 11.8 Å². The van der Waals surface area contributed by atoms with E-state index in [4.69, 9.17) is 0 Å². The number of thioether (sulfide) groups is 1. The minimum absolute atomic E-state index is 0.0531. The minimum atomic E-state index is -4.09. The van der Waals surface area contributed by atoms with E-state index in [1.165, 1.54) is 42.1 Å². The lowest BCUT2D eigenvalue weighted by Gasteiger charge is -2.35. The van der Waals surface area contributed by atoms with Gasteiger partial charge >= 0.3 is 0 Å². The Balaban J connectivity index is 1.44. The van der Waals surface area contributed by atoms with Gasteiger partial charge in [0.25, 0.3) is 10.0 Å². The van der Waals surface area contributed by atoms with Crippen LogP contribution in [-0.2, 0) is 14.8 Å². The molecule has 0 radical (unpaired) electrons. The van der Waals surface area contributed by atoms with E-state index in [0.29, 0.717) is 26.2 Å². The largest absolute Gasteiger partial charge is 0.339 e. The number of hydrogen-bond donors (Lipinski definition) is 0. The summed E-state index contributed by atoms with van der Waals surface area (Å²) >= 11 is 1.50. The predicted octanol–water partition coefficient (Wildman–Crippen LogP) is 4.60.